The monoisotopic (exact) mass is 280 g/mol. The fraction of sp³-hybridized carbons (Fsp3) is 0.643. The Morgan fingerprint density at radius 1 is 1.63 bits per heavy atom. The first-order valence-corrected chi connectivity index (χ1v) is 7.71. The summed E-state index contributed by atoms with van der Waals surface area (Å²) in [4.78, 5) is 15.9. The molecule has 2 aliphatic rings. The fourth-order valence-electron chi connectivity index (χ4n) is 2.84. The molecule has 3 rings (SSSR count). The van der Waals surface area contributed by atoms with E-state index in [-0.39, 0.29) is 5.97 Å². The summed E-state index contributed by atoms with van der Waals surface area (Å²) in [6.45, 7) is 2.53. The van der Waals surface area contributed by atoms with Crippen LogP contribution in [0.1, 0.15) is 24.1 Å². The van der Waals surface area contributed by atoms with Crippen LogP contribution >= 0.6 is 11.3 Å². The van der Waals surface area contributed by atoms with Crippen molar-refractivity contribution in [3.05, 3.63) is 22.4 Å². The zero-order valence-electron chi connectivity index (χ0n) is 11.2. The van der Waals surface area contributed by atoms with Crippen LogP contribution in [0.25, 0.3) is 0 Å². The number of esters is 1. The number of methoxy groups -OCH3 is 1. The molecular formula is C14H20N2O2S. The number of rotatable bonds is 5. The van der Waals surface area contributed by atoms with E-state index in [1.165, 1.54) is 24.8 Å². The minimum Gasteiger partial charge on any atom is -0.468 e. The molecule has 1 aliphatic heterocycles. The van der Waals surface area contributed by atoms with Crippen molar-refractivity contribution in [2.24, 2.45) is 0 Å². The summed E-state index contributed by atoms with van der Waals surface area (Å²) < 4.78 is 5.03. The Labute approximate surface area is 117 Å². The first-order chi connectivity index (χ1) is 9.23. The molecule has 19 heavy (non-hydrogen) atoms. The zero-order valence-corrected chi connectivity index (χ0v) is 12.0. The molecule has 1 N–H and O–H groups in total. The molecular weight excluding hydrogens is 260 g/mol. The Morgan fingerprint density at radius 2 is 2.47 bits per heavy atom. The van der Waals surface area contributed by atoms with Crippen LogP contribution in [0.5, 0.6) is 0 Å². The maximum Gasteiger partial charge on any atom is 0.327 e. The van der Waals surface area contributed by atoms with E-state index in [0.717, 1.165) is 26.1 Å². The minimum absolute atomic E-state index is 0.118. The second-order valence-electron chi connectivity index (χ2n) is 5.46. The maximum absolute atomic E-state index is 12.2. The summed E-state index contributed by atoms with van der Waals surface area (Å²) >= 11 is 1.72. The molecule has 1 aromatic rings. The topological polar surface area (TPSA) is 41.6 Å². The van der Waals surface area contributed by atoms with Crippen molar-refractivity contribution in [2.75, 3.05) is 20.2 Å². The summed E-state index contributed by atoms with van der Waals surface area (Å²) in [5, 5.41) is 5.52. The molecule has 2 fully saturated rings. The third kappa shape index (κ3) is 2.68. The van der Waals surface area contributed by atoms with Crippen molar-refractivity contribution >= 4 is 17.3 Å². The third-order valence-corrected chi connectivity index (χ3v) is 5.00. The summed E-state index contributed by atoms with van der Waals surface area (Å²) in [5.74, 6) is -0.118. The Bertz CT molecular complexity index is 444. The van der Waals surface area contributed by atoms with Crippen molar-refractivity contribution in [1.29, 1.82) is 0 Å². The van der Waals surface area contributed by atoms with E-state index in [0.29, 0.717) is 6.04 Å². The van der Waals surface area contributed by atoms with Crippen LogP contribution in [-0.4, -0.2) is 42.6 Å². The molecule has 1 saturated carbocycles. The van der Waals surface area contributed by atoms with E-state index in [2.05, 4.69) is 21.7 Å². The normalized spacial score (nSPS) is 27.6. The highest BCUT2D eigenvalue weighted by Gasteiger charge is 2.48. The first-order valence-electron chi connectivity index (χ1n) is 6.83. The molecule has 104 valence electrons. The highest BCUT2D eigenvalue weighted by molar-refractivity contribution is 7.09. The average molecular weight is 280 g/mol. The van der Waals surface area contributed by atoms with Crippen LogP contribution in [0.15, 0.2) is 17.5 Å². The van der Waals surface area contributed by atoms with Crippen molar-refractivity contribution in [2.45, 2.75) is 37.4 Å². The van der Waals surface area contributed by atoms with Gasteiger partial charge in [-0.3, -0.25) is 15.0 Å². The van der Waals surface area contributed by atoms with Gasteiger partial charge in [-0.05, 0) is 30.7 Å². The molecule has 1 aliphatic carbocycles. The number of nitrogens with zero attached hydrogens (tertiary/aromatic N) is 1. The summed E-state index contributed by atoms with van der Waals surface area (Å²) in [7, 11) is 1.48. The molecule has 1 atom stereocenters. The highest BCUT2D eigenvalue weighted by atomic mass is 32.1. The van der Waals surface area contributed by atoms with E-state index in [4.69, 9.17) is 4.74 Å². The van der Waals surface area contributed by atoms with E-state index in [9.17, 15) is 4.79 Å². The number of carbonyl (C=O) groups is 1. The number of carbonyl (C=O) groups excluding carboxylic acids is 1. The van der Waals surface area contributed by atoms with Gasteiger partial charge in [0.05, 0.1) is 7.11 Å². The van der Waals surface area contributed by atoms with Gasteiger partial charge in [0, 0.05) is 30.6 Å². The van der Waals surface area contributed by atoms with Gasteiger partial charge in [0.25, 0.3) is 0 Å². The van der Waals surface area contributed by atoms with Gasteiger partial charge in [-0.2, -0.15) is 0 Å². The molecule has 5 heteroatoms. The lowest BCUT2D eigenvalue weighted by Gasteiger charge is -2.27. The van der Waals surface area contributed by atoms with E-state index in [1.54, 1.807) is 11.3 Å². The molecule has 0 spiro atoms. The van der Waals surface area contributed by atoms with Crippen LogP contribution in [0.2, 0.25) is 0 Å². The molecule has 4 nitrogen and oxygen atoms in total. The average Bonchev–Trinajstić information content (AvgIpc) is 2.99. The quantitative estimate of drug-likeness (QED) is 0.832. The molecule has 2 heterocycles. The van der Waals surface area contributed by atoms with Gasteiger partial charge in [-0.1, -0.05) is 6.07 Å². The Kier molecular flexibility index (Phi) is 3.60. The second-order valence-corrected chi connectivity index (χ2v) is 6.49. The van der Waals surface area contributed by atoms with Crippen molar-refractivity contribution in [1.82, 2.24) is 10.2 Å². The number of nitrogens with one attached hydrogen (secondary N) is 1. The Morgan fingerprint density at radius 3 is 3.11 bits per heavy atom. The number of hydrogen-bond acceptors (Lipinski definition) is 5. The second kappa shape index (κ2) is 5.23. The molecule has 1 aromatic heterocycles. The van der Waals surface area contributed by atoms with Gasteiger partial charge in [0.2, 0.25) is 0 Å². The van der Waals surface area contributed by atoms with Crippen molar-refractivity contribution < 1.29 is 9.53 Å². The van der Waals surface area contributed by atoms with E-state index < -0.39 is 5.54 Å². The van der Waals surface area contributed by atoms with Gasteiger partial charge in [0.1, 0.15) is 5.54 Å². The van der Waals surface area contributed by atoms with Crippen molar-refractivity contribution in [3.8, 4) is 0 Å². The van der Waals surface area contributed by atoms with E-state index in [1.807, 2.05) is 6.07 Å². The summed E-state index contributed by atoms with van der Waals surface area (Å²) in [6, 6.07) is 4.84. The number of ether oxygens (including phenoxy) is 1. The SMILES string of the molecule is COC(=O)C1(NCc2cccs2)CCN(C2CC2)C1. The number of likely N-dealkylation sites (tertiary alicyclic amines) is 1. The molecule has 0 aromatic carbocycles. The maximum atomic E-state index is 12.2. The van der Waals surface area contributed by atoms with Gasteiger partial charge in [-0.15, -0.1) is 11.3 Å². The fourth-order valence-corrected chi connectivity index (χ4v) is 3.48. The van der Waals surface area contributed by atoms with Crippen LogP contribution in [0.3, 0.4) is 0 Å². The van der Waals surface area contributed by atoms with Gasteiger partial charge in [-0.25, -0.2) is 0 Å². The van der Waals surface area contributed by atoms with Gasteiger partial charge >= 0.3 is 5.97 Å². The predicted octanol–water partition coefficient (Wildman–Crippen LogP) is 1.62. The number of thiophene rings is 1. The Balaban J connectivity index is 1.68. The van der Waals surface area contributed by atoms with E-state index >= 15 is 0 Å². The lowest BCUT2D eigenvalue weighted by Crippen LogP contribution is -2.54. The predicted molar refractivity (Wildman–Crippen MR) is 75.1 cm³/mol. The molecule has 1 unspecified atom stereocenters. The summed E-state index contributed by atoms with van der Waals surface area (Å²) in [6.07, 6.45) is 3.41. The number of hydrogen-bond donors (Lipinski definition) is 1. The van der Waals surface area contributed by atoms with Crippen molar-refractivity contribution in [3.63, 3.8) is 0 Å². The van der Waals surface area contributed by atoms with Gasteiger partial charge in [0.15, 0.2) is 0 Å². The largest absolute Gasteiger partial charge is 0.468 e. The third-order valence-electron chi connectivity index (χ3n) is 4.12. The Hall–Kier alpha value is -0.910. The molecule has 1 saturated heterocycles. The van der Waals surface area contributed by atoms with Crippen LogP contribution < -0.4 is 5.32 Å². The molecule has 0 amide bonds. The zero-order chi connectivity index (χ0) is 13.3. The standard InChI is InChI=1S/C14H20N2O2S/c1-18-13(17)14(15-9-12-3-2-8-19-12)6-7-16(10-14)11-4-5-11/h2-3,8,11,15H,4-7,9-10H2,1H3. The molecule has 0 bridgehead atoms. The summed E-state index contributed by atoms with van der Waals surface area (Å²) in [5.41, 5.74) is -0.513. The highest BCUT2D eigenvalue weighted by Crippen LogP contribution is 2.34. The lowest BCUT2D eigenvalue weighted by atomic mass is 9.98. The van der Waals surface area contributed by atoms with Crippen LogP contribution in [0, 0.1) is 0 Å². The van der Waals surface area contributed by atoms with Gasteiger partial charge < -0.3 is 4.74 Å². The smallest absolute Gasteiger partial charge is 0.327 e. The van der Waals surface area contributed by atoms with Crippen LogP contribution in [0.4, 0.5) is 0 Å². The van der Waals surface area contributed by atoms with Crippen LogP contribution in [-0.2, 0) is 16.1 Å². The first kappa shape index (κ1) is 13.1. The molecule has 0 radical (unpaired) electrons. The lowest BCUT2D eigenvalue weighted by molar-refractivity contribution is -0.148. The minimum atomic E-state index is -0.513.